The molecule has 0 bridgehead atoms. The van der Waals surface area contributed by atoms with Crippen molar-refractivity contribution in [1.29, 1.82) is 0 Å². The number of carboxylic acids is 1. The number of nitrogens with zero attached hydrogens (tertiary/aromatic N) is 4. The molecule has 0 spiro atoms. The molecule has 4 N–H and O–H groups in total. The van der Waals surface area contributed by atoms with Gasteiger partial charge in [-0.15, -0.1) is 0 Å². The van der Waals surface area contributed by atoms with E-state index in [1.807, 2.05) is 0 Å². The SMILES string of the molecule is Cc1ccc(-c2cnc(NCC(O)CC(=O)O)nc2)cc1Nc1nccc(C(F)(F)F)n1. The predicted molar refractivity (Wildman–Crippen MR) is 109 cm³/mol. The van der Waals surface area contributed by atoms with Crippen molar-refractivity contribution < 1.29 is 28.2 Å². The molecule has 0 amide bonds. The van der Waals surface area contributed by atoms with Crippen LogP contribution in [0.15, 0.2) is 42.9 Å². The first kappa shape index (κ1) is 22.9. The lowest BCUT2D eigenvalue weighted by molar-refractivity contribution is -0.141. The molecule has 1 unspecified atom stereocenters. The van der Waals surface area contributed by atoms with E-state index in [1.54, 1.807) is 25.1 Å². The van der Waals surface area contributed by atoms with Gasteiger partial charge >= 0.3 is 12.1 Å². The van der Waals surface area contributed by atoms with Gasteiger partial charge in [0, 0.05) is 36.4 Å². The van der Waals surface area contributed by atoms with E-state index < -0.39 is 30.4 Å². The molecule has 0 aliphatic heterocycles. The first-order chi connectivity index (χ1) is 15.1. The minimum Gasteiger partial charge on any atom is -0.481 e. The summed E-state index contributed by atoms with van der Waals surface area (Å²) in [4.78, 5) is 26.2. The summed E-state index contributed by atoms with van der Waals surface area (Å²) in [7, 11) is 0. The van der Waals surface area contributed by atoms with Crippen molar-refractivity contribution in [2.24, 2.45) is 0 Å². The molecular formula is C20H19F3N6O3. The minimum absolute atomic E-state index is 0.0266. The maximum absolute atomic E-state index is 12.9. The normalized spacial score (nSPS) is 12.3. The van der Waals surface area contributed by atoms with Crippen LogP contribution in [0, 0.1) is 6.92 Å². The van der Waals surface area contributed by atoms with Gasteiger partial charge in [0.2, 0.25) is 11.9 Å². The number of benzene rings is 1. The summed E-state index contributed by atoms with van der Waals surface area (Å²) >= 11 is 0. The number of aryl methyl sites for hydroxylation is 1. The van der Waals surface area contributed by atoms with Crippen LogP contribution in [0.25, 0.3) is 11.1 Å². The molecule has 168 valence electrons. The number of nitrogens with one attached hydrogen (secondary N) is 2. The highest BCUT2D eigenvalue weighted by molar-refractivity contribution is 5.71. The van der Waals surface area contributed by atoms with E-state index in [4.69, 9.17) is 5.11 Å². The Morgan fingerprint density at radius 3 is 2.47 bits per heavy atom. The Hall–Kier alpha value is -3.80. The molecule has 0 radical (unpaired) electrons. The summed E-state index contributed by atoms with van der Waals surface area (Å²) in [5, 5.41) is 23.8. The number of aliphatic carboxylic acids is 1. The van der Waals surface area contributed by atoms with Gasteiger partial charge in [-0.05, 0) is 30.2 Å². The monoisotopic (exact) mass is 448 g/mol. The van der Waals surface area contributed by atoms with Crippen LogP contribution in [0.3, 0.4) is 0 Å². The van der Waals surface area contributed by atoms with Gasteiger partial charge in [-0.2, -0.15) is 13.2 Å². The lowest BCUT2D eigenvalue weighted by Crippen LogP contribution is -2.23. The molecule has 0 saturated carbocycles. The molecule has 3 aromatic rings. The van der Waals surface area contributed by atoms with Crippen molar-refractivity contribution in [3.05, 3.63) is 54.1 Å². The van der Waals surface area contributed by atoms with Crippen LogP contribution >= 0.6 is 0 Å². The molecule has 0 aliphatic rings. The Morgan fingerprint density at radius 1 is 1.09 bits per heavy atom. The van der Waals surface area contributed by atoms with E-state index in [0.29, 0.717) is 16.8 Å². The quantitative estimate of drug-likeness (QED) is 0.410. The van der Waals surface area contributed by atoms with Gasteiger partial charge in [0.15, 0.2) is 0 Å². The highest BCUT2D eigenvalue weighted by Gasteiger charge is 2.32. The average Bonchev–Trinajstić information content (AvgIpc) is 2.73. The first-order valence-corrected chi connectivity index (χ1v) is 9.36. The van der Waals surface area contributed by atoms with Crippen LogP contribution in [-0.2, 0) is 11.0 Å². The molecule has 32 heavy (non-hydrogen) atoms. The summed E-state index contributed by atoms with van der Waals surface area (Å²) in [6.45, 7) is 1.76. The topological polar surface area (TPSA) is 133 Å². The third-order valence-electron chi connectivity index (χ3n) is 4.32. The number of carboxylic acid groups (broad SMARTS) is 1. The van der Waals surface area contributed by atoms with Crippen molar-refractivity contribution in [3.8, 4) is 11.1 Å². The number of aliphatic hydroxyl groups excluding tert-OH is 1. The molecule has 1 atom stereocenters. The van der Waals surface area contributed by atoms with Crippen molar-refractivity contribution in [3.63, 3.8) is 0 Å². The number of hydrogen-bond acceptors (Lipinski definition) is 8. The largest absolute Gasteiger partial charge is 0.481 e. The number of carbonyl (C=O) groups is 1. The first-order valence-electron chi connectivity index (χ1n) is 9.36. The Balaban J connectivity index is 1.74. The molecule has 12 heteroatoms. The molecule has 2 heterocycles. The minimum atomic E-state index is -4.58. The van der Waals surface area contributed by atoms with Crippen LogP contribution in [0.5, 0.6) is 0 Å². The lowest BCUT2D eigenvalue weighted by atomic mass is 10.1. The number of aromatic nitrogens is 4. The molecule has 3 rings (SSSR count). The fourth-order valence-electron chi connectivity index (χ4n) is 2.68. The van der Waals surface area contributed by atoms with Gasteiger partial charge in [0.1, 0.15) is 5.69 Å². The van der Waals surface area contributed by atoms with Gasteiger partial charge in [0.25, 0.3) is 0 Å². The van der Waals surface area contributed by atoms with Gasteiger partial charge in [-0.1, -0.05) is 12.1 Å². The van der Waals surface area contributed by atoms with E-state index in [-0.39, 0.29) is 18.4 Å². The number of halogens is 3. The number of anilines is 3. The smallest absolute Gasteiger partial charge is 0.433 e. The molecule has 0 saturated heterocycles. The van der Waals surface area contributed by atoms with E-state index in [1.165, 1.54) is 12.4 Å². The summed E-state index contributed by atoms with van der Waals surface area (Å²) in [5.74, 6) is -1.09. The number of hydrogen-bond donors (Lipinski definition) is 4. The third-order valence-corrected chi connectivity index (χ3v) is 4.32. The van der Waals surface area contributed by atoms with E-state index in [0.717, 1.165) is 17.8 Å². The lowest BCUT2D eigenvalue weighted by Gasteiger charge is -2.12. The second-order valence-electron chi connectivity index (χ2n) is 6.85. The van der Waals surface area contributed by atoms with E-state index in [2.05, 4.69) is 30.6 Å². The van der Waals surface area contributed by atoms with Gasteiger partial charge in [-0.3, -0.25) is 4.79 Å². The van der Waals surface area contributed by atoms with Gasteiger partial charge in [0.05, 0.1) is 12.5 Å². The molecular weight excluding hydrogens is 429 g/mol. The van der Waals surface area contributed by atoms with Gasteiger partial charge < -0.3 is 20.8 Å². The Bertz CT molecular complexity index is 1090. The van der Waals surface area contributed by atoms with Crippen LogP contribution in [0.2, 0.25) is 0 Å². The van der Waals surface area contributed by atoms with Crippen LogP contribution < -0.4 is 10.6 Å². The Morgan fingerprint density at radius 2 is 1.81 bits per heavy atom. The highest BCUT2D eigenvalue weighted by atomic mass is 19.4. The highest BCUT2D eigenvalue weighted by Crippen LogP contribution is 2.29. The average molecular weight is 448 g/mol. The molecule has 1 aromatic carbocycles. The summed E-state index contributed by atoms with van der Waals surface area (Å²) < 4.78 is 38.6. The number of aliphatic hydroxyl groups is 1. The zero-order valence-electron chi connectivity index (χ0n) is 16.8. The maximum Gasteiger partial charge on any atom is 0.433 e. The second kappa shape index (κ2) is 9.56. The van der Waals surface area contributed by atoms with Crippen LogP contribution in [0.4, 0.5) is 30.8 Å². The summed E-state index contributed by atoms with van der Waals surface area (Å²) in [6, 6.07) is 6.08. The summed E-state index contributed by atoms with van der Waals surface area (Å²) in [5.41, 5.74) is 1.56. The van der Waals surface area contributed by atoms with E-state index >= 15 is 0 Å². The summed E-state index contributed by atoms with van der Waals surface area (Å²) in [6.07, 6.45) is -1.99. The zero-order valence-corrected chi connectivity index (χ0v) is 16.8. The number of alkyl halides is 3. The Kier molecular flexibility index (Phi) is 6.83. The fraction of sp³-hybridized carbons (Fsp3) is 0.250. The molecule has 0 fully saturated rings. The number of rotatable bonds is 8. The van der Waals surface area contributed by atoms with Crippen molar-refractivity contribution >= 4 is 23.6 Å². The maximum atomic E-state index is 12.9. The standard InChI is InChI=1S/C20H19F3N6O3/c1-11-2-3-12(6-15(11)28-19-24-5-4-16(29-19)20(21,22)23)13-8-25-18(26-9-13)27-10-14(30)7-17(31)32/h2-6,8-9,14,30H,7,10H2,1H3,(H,31,32)(H,24,28,29)(H,25,26,27). The third kappa shape index (κ3) is 6.11. The predicted octanol–water partition coefficient (Wildman–Crippen LogP) is 3.25. The Labute approximate surface area is 180 Å². The van der Waals surface area contributed by atoms with Crippen molar-refractivity contribution in [2.75, 3.05) is 17.2 Å². The van der Waals surface area contributed by atoms with Crippen LogP contribution in [0.1, 0.15) is 17.7 Å². The zero-order chi connectivity index (χ0) is 23.3. The van der Waals surface area contributed by atoms with Crippen molar-refractivity contribution in [2.45, 2.75) is 25.6 Å². The fourth-order valence-corrected chi connectivity index (χ4v) is 2.68. The molecule has 2 aromatic heterocycles. The van der Waals surface area contributed by atoms with E-state index in [9.17, 15) is 23.1 Å². The molecule has 0 aliphatic carbocycles. The van der Waals surface area contributed by atoms with Crippen LogP contribution in [-0.4, -0.2) is 48.8 Å². The second-order valence-corrected chi connectivity index (χ2v) is 6.85. The molecule has 9 nitrogen and oxygen atoms in total. The van der Waals surface area contributed by atoms with Crippen molar-refractivity contribution in [1.82, 2.24) is 19.9 Å². The van der Waals surface area contributed by atoms with Gasteiger partial charge in [-0.25, -0.2) is 19.9 Å².